The van der Waals surface area contributed by atoms with Crippen molar-refractivity contribution in [2.24, 2.45) is 5.92 Å². The van der Waals surface area contributed by atoms with Crippen molar-refractivity contribution >= 4 is 11.2 Å². The summed E-state index contributed by atoms with van der Waals surface area (Å²) < 4.78 is 1.99. The summed E-state index contributed by atoms with van der Waals surface area (Å²) >= 11 is 0. The summed E-state index contributed by atoms with van der Waals surface area (Å²) in [7, 11) is 0. The average molecular weight is 301 g/mol. The number of anilines is 1. The van der Waals surface area contributed by atoms with E-state index in [1.807, 2.05) is 24.6 Å². The fraction of sp³-hybridized carbons (Fsp3) is 0.611. The van der Waals surface area contributed by atoms with Gasteiger partial charge in [0.25, 0.3) is 0 Å². The molecule has 0 atom stereocenters. The number of hydrogen-bond acceptors (Lipinski definition) is 3. The predicted molar refractivity (Wildman–Crippen MR) is 90.5 cm³/mol. The largest absolute Gasteiger partial charge is 0.390 e. The van der Waals surface area contributed by atoms with Crippen molar-refractivity contribution in [2.45, 2.75) is 52.1 Å². The third kappa shape index (κ3) is 2.84. The van der Waals surface area contributed by atoms with Gasteiger partial charge >= 0.3 is 0 Å². The number of rotatable bonds is 3. The molecular weight excluding hydrogens is 274 g/mol. The number of hydrogen-bond donors (Lipinski definition) is 1. The Morgan fingerprint density at radius 3 is 2.50 bits per heavy atom. The molecule has 0 unspecified atom stereocenters. The van der Waals surface area contributed by atoms with Crippen LogP contribution in [0.1, 0.15) is 52.0 Å². The SMILES string of the molecule is CC(C)c1cnn2cc(N3CCC(C(C)(C)O)CC3)ccc12. The van der Waals surface area contributed by atoms with E-state index in [0.717, 1.165) is 25.9 Å². The third-order valence-corrected chi connectivity index (χ3v) is 5.01. The van der Waals surface area contributed by atoms with Crippen molar-refractivity contribution in [2.75, 3.05) is 18.0 Å². The fourth-order valence-electron chi connectivity index (χ4n) is 3.47. The molecule has 1 aliphatic rings. The Bertz CT molecular complexity index is 646. The predicted octanol–water partition coefficient (Wildman–Crippen LogP) is 3.45. The Kier molecular flexibility index (Phi) is 3.89. The molecule has 1 fully saturated rings. The quantitative estimate of drug-likeness (QED) is 0.944. The number of aliphatic hydroxyl groups is 1. The van der Waals surface area contributed by atoms with E-state index in [1.165, 1.54) is 16.8 Å². The molecule has 3 rings (SSSR count). The molecule has 120 valence electrons. The second-order valence-electron chi connectivity index (χ2n) is 7.39. The molecule has 0 aliphatic carbocycles. The smallest absolute Gasteiger partial charge is 0.0697 e. The molecule has 0 saturated carbocycles. The molecule has 0 aromatic carbocycles. The Balaban J connectivity index is 1.78. The van der Waals surface area contributed by atoms with Crippen molar-refractivity contribution in [1.29, 1.82) is 0 Å². The summed E-state index contributed by atoms with van der Waals surface area (Å²) in [6.45, 7) is 10.3. The van der Waals surface area contributed by atoms with E-state index < -0.39 is 5.60 Å². The van der Waals surface area contributed by atoms with E-state index in [1.54, 1.807) is 0 Å². The monoisotopic (exact) mass is 301 g/mol. The fourth-order valence-corrected chi connectivity index (χ4v) is 3.47. The minimum absolute atomic E-state index is 0.393. The molecule has 3 heterocycles. The molecule has 2 aromatic rings. The van der Waals surface area contributed by atoms with E-state index in [4.69, 9.17) is 0 Å². The minimum atomic E-state index is -0.565. The zero-order valence-corrected chi connectivity index (χ0v) is 14.1. The highest BCUT2D eigenvalue weighted by Gasteiger charge is 2.30. The van der Waals surface area contributed by atoms with Gasteiger partial charge in [-0.1, -0.05) is 13.8 Å². The van der Waals surface area contributed by atoms with Crippen LogP contribution in [0, 0.1) is 5.92 Å². The molecule has 0 radical (unpaired) electrons. The highest BCUT2D eigenvalue weighted by atomic mass is 16.3. The van der Waals surface area contributed by atoms with Crippen molar-refractivity contribution in [3.05, 3.63) is 30.1 Å². The molecule has 1 aliphatic heterocycles. The molecule has 4 nitrogen and oxygen atoms in total. The van der Waals surface area contributed by atoms with Gasteiger partial charge in [0.15, 0.2) is 0 Å². The summed E-state index contributed by atoms with van der Waals surface area (Å²) in [5.74, 6) is 0.885. The van der Waals surface area contributed by atoms with Gasteiger partial charge in [-0.25, -0.2) is 4.52 Å². The first-order valence-corrected chi connectivity index (χ1v) is 8.31. The highest BCUT2D eigenvalue weighted by Crippen LogP contribution is 2.31. The van der Waals surface area contributed by atoms with Crippen LogP contribution in [-0.2, 0) is 0 Å². The second-order valence-corrected chi connectivity index (χ2v) is 7.39. The lowest BCUT2D eigenvalue weighted by molar-refractivity contribution is 0.00651. The highest BCUT2D eigenvalue weighted by molar-refractivity contribution is 5.60. The molecule has 1 N–H and O–H groups in total. The van der Waals surface area contributed by atoms with Gasteiger partial charge in [0.2, 0.25) is 0 Å². The first-order valence-electron chi connectivity index (χ1n) is 8.31. The van der Waals surface area contributed by atoms with Crippen LogP contribution in [0.25, 0.3) is 5.52 Å². The van der Waals surface area contributed by atoms with Gasteiger partial charge in [0.05, 0.1) is 29.2 Å². The van der Waals surface area contributed by atoms with Crippen LogP contribution in [-0.4, -0.2) is 33.4 Å². The van der Waals surface area contributed by atoms with Crippen molar-refractivity contribution < 1.29 is 5.11 Å². The normalized spacial score (nSPS) is 17.6. The van der Waals surface area contributed by atoms with Gasteiger partial charge in [-0.3, -0.25) is 0 Å². The average Bonchev–Trinajstić information content (AvgIpc) is 2.89. The van der Waals surface area contributed by atoms with Gasteiger partial charge in [-0.05, 0) is 50.7 Å². The van der Waals surface area contributed by atoms with E-state index in [0.29, 0.717) is 11.8 Å². The molecule has 0 amide bonds. The first kappa shape index (κ1) is 15.3. The van der Waals surface area contributed by atoms with Crippen molar-refractivity contribution in [3.8, 4) is 0 Å². The summed E-state index contributed by atoms with van der Waals surface area (Å²) in [5, 5.41) is 14.7. The first-order chi connectivity index (χ1) is 10.4. The van der Waals surface area contributed by atoms with Crippen molar-refractivity contribution in [1.82, 2.24) is 9.61 Å². The number of aromatic nitrogens is 2. The van der Waals surface area contributed by atoms with Crippen LogP contribution in [0.3, 0.4) is 0 Å². The van der Waals surface area contributed by atoms with E-state index in [9.17, 15) is 5.11 Å². The zero-order chi connectivity index (χ0) is 15.9. The maximum Gasteiger partial charge on any atom is 0.0697 e. The lowest BCUT2D eigenvalue weighted by atomic mass is 9.83. The van der Waals surface area contributed by atoms with Crippen LogP contribution < -0.4 is 4.90 Å². The Morgan fingerprint density at radius 1 is 1.23 bits per heavy atom. The Morgan fingerprint density at radius 2 is 1.91 bits per heavy atom. The lowest BCUT2D eigenvalue weighted by Crippen LogP contribution is -2.42. The number of fused-ring (bicyclic) bond motifs is 1. The van der Waals surface area contributed by atoms with E-state index >= 15 is 0 Å². The van der Waals surface area contributed by atoms with Crippen LogP contribution in [0.15, 0.2) is 24.5 Å². The molecule has 1 saturated heterocycles. The van der Waals surface area contributed by atoms with Gasteiger partial charge in [0.1, 0.15) is 0 Å². The maximum absolute atomic E-state index is 10.2. The van der Waals surface area contributed by atoms with Crippen LogP contribution in [0.2, 0.25) is 0 Å². The molecule has 4 heteroatoms. The van der Waals surface area contributed by atoms with Crippen LogP contribution in [0.5, 0.6) is 0 Å². The van der Waals surface area contributed by atoms with E-state index in [-0.39, 0.29) is 0 Å². The zero-order valence-electron chi connectivity index (χ0n) is 14.1. The topological polar surface area (TPSA) is 40.8 Å². The summed E-state index contributed by atoms with van der Waals surface area (Å²) in [6, 6.07) is 4.38. The van der Waals surface area contributed by atoms with Gasteiger partial charge < -0.3 is 10.0 Å². The minimum Gasteiger partial charge on any atom is -0.390 e. The van der Waals surface area contributed by atoms with Crippen LogP contribution >= 0.6 is 0 Å². The van der Waals surface area contributed by atoms with Crippen LogP contribution in [0.4, 0.5) is 5.69 Å². The Labute approximate surface area is 132 Å². The molecule has 0 spiro atoms. The molecular formula is C18H27N3O. The summed E-state index contributed by atoms with van der Waals surface area (Å²) in [6.07, 6.45) is 6.19. The molecule has 0 bridgehead atoms. The summed E-state index contributed by atoms with van der Waals surface area (Å²) in [4.78, 5) is 2.40. The molecule has 2 aromatic heterocycles. The second kappa shape index (κ2) is 5.58. The van der Waals surface area contributed by atoms with Gasteiger partial charge in [-0.15, -0.1) is 0 Å². The maximum atomic E-state index is 10.2. The van der Waals surface area contributed by atoms with E-state index in [2.05, 4.69) is 42.2 Å². The van der Waals surface area contributed by atoms with Gasteiger partial charge in [0, 0.05) is 18.7 Å². The standard InChI is InChI=1S/C18H27N3O/c1-13(2)16-11-19-21-12-15(5-6-17(16)21)20-9-7-14(8-10-20)18(3,4)22/h5-6,11-14,22H,7-10H2,1-4H3. The van der Waals surface area contributed by atoms with Gasteiger partial charge in [-0.2, -0.15) is 5.10 Å². The molecule has 22 heavy (non-hydrogen) atoms. The Hall–Kier alpha value is -1.55. The van der Waals surface area contributed by atoms with Crippen molar-refractivity contribution in [3.63, 3.8) is 0 Å². The summed E-state index contributed by atoms with van der Waals surface area (Å²) in [5.41, 5.74) is 3.15. The number of pyridine rings is 1. The lowest BCUT2D eigenvalue weighted by Gasteiger charge is -2.38. The third-order valence-electron chi connectivity index (χ3n) is 5.01. The number of piperidine rings is 1. The number of nitrogens with zero attached hydrogens (tertiary/aromatic N) is 3.